The lowest BCUT2D eigenvalue weighted by molar-refractivity contribution is -0.00390. The largest absolute Gasteiger partial charge is 0.456 e. The van der Waals surface area contributed by atoms with Gasteiger partial charge in [-0.15, -0.1) is 0 Å². The molecule has 2 aromatic heterocycles. The number of rotatable bonds is 6. The highest BCUT2D eigenvalue weighted by Gasteiger charge is 2.37. The summed E-state index contributed by atoms with van der Waals surface area (Å²) in [7, 11) is 0. The van der Waals surface area contributed by atoms with Gasteiger partial charge in [-0.25, -0.2) is 9.67 Å². The minimum absolute atomic E-state index is 0.172. The summed E-state index contributed by atoms with van der Waals surface area (Å²) in [5, 5.41) is 24.2. The zero-order valence-electron chi connectivity index (χ0n) is 19.0. The fourth-order valence-electron chi connectivity index (χ4n) is 4.34. The summed E-state index contributed by atoms with van der Waals surface area (Å²) >= 11 is 6.61. The molecule has 0 aliphatic carbocycles. The molecule has 1 fully saturated rings. The van der Waals surface area contributed by atoms with Crippen LogP contribution in [0.15, 0.2) is 73.3 Å². The van der Waals surface area contributed by atoms with E-state index in [1.165, 1.54) is 6.33 Å². The van der Waals surface area contributed by atoms with Gasteiger partial charge in [0.15, 0.2) is 6.10 Å². The van der Waals surface area contributed by atoms with Crippen molar-refractivity contribution < 1.29 is 19.7 Å². The Hall–Kier alpha value is -3.76. The van der Waals surface area contributed by atoms with Crippen molar-refractivity contribution in [2.75, 3.05) is 13.2 Å². The van der Waals surface area contributed by atoms with Gasteiger partial charge in [-0.1, -0.05) is 48.0 Å². The summed E-state index contributed by atoms with van der Waals surface area (Å²) in [5.41, 5.74) is 6.32. The SMILES string of the molecule is OC[C@H]1OC[C@@H](Oc2nc3cc(-c4ccc(-c5ccc(-n6cncn6)cc5)cc4)c(Cl)cc3[nH]2)[C@@H]1O. The number of benzene rings is 3. The Labute approximate surface area is 210 Å². The molecule has 0 bridgehead atoms. The van der Waals surface area contributed by atoms with Gasteiger partial charge in [-0.2, -0.15) is 10.1 Å². The van der Waals surface area contributed by atoms with Crippen LogP contribution in [0, 0.1) is 0 Å². The summed E-state index contributed by atoms with van der Waals surface area (Å²) in [6.45, 7) is -0.0990. The van der Waals surface area contributed by atoms with Crippen LogP contribution in [0.4, 0.5) is 0 Å². The molecule has 0 saturated carbocycles. The minimum Gasteiger partial charge on any atom is -0.456 e. The number of hydrogen-bond acceptors (Lipinski definition) is 7. The lowest BCUT2D eigenvalue weighted by Gasteiger charge is -2.15. The summed E-state index contributed by atoms with van der Waals surface area (Å²) < 4.78 is 12.8. The Balaban J connectivity index is 1.22. The van der Waals surface area contributed by atoms with Gasteiger partial charge in [0.05, 0.1) is 35.0 Å². The Kier molecular flexibility index (Phi) is 5.90. The Morgan fingerprint density at radius 3 is 2.44 bits per heavy atom. The number of nitrogens with one attached hydrogen (secondary N) is 1. The van der Waals surface area contributed by atoms with Gasteiger partial charge in [-0.3, -0.25) is 0 Å². The van der Waals surface area contributed by atoms with Crippen LogP contribution in [0.5, 0.6) is 6.01 Å². The molecular formula is C26H22ClN5O4. The average molecular weight is 504 g/mol. The third kappa shape index (κ3) is 4.22. The van der Waals surface area contributed by atoms with E-state index in [-0.39, 0.29) is 19.2 Å². The second kappa shape index (κ2) is 9.36. The van der Waals surface area contributed by atoms with E-state index in [1.54, 1.807) is 17.1 Å². The van der Waals surface area contributed by atoms with E-state index in [1.807, 2.05) is 42.5 Å². The summed E-state index contributed by atoms with van der Waals surface area (Å²) in [4.78, 5) is 11.6. The van der Waals surface area contributed by atoms with Crippen LogP contribution >= 0.6 is 11.6 Å². The first-order valence-corrected chi connectivity index (χ1v) is 11.8. The van der Waals surface area contributed by atoms with Gasteiger partial charge >= 0.3 is 0 Å². The first-order valence-electron chi connectivity index (χ1n) is 11.4. The van der Waals surface area contributed by atoms with Crippen molar-refractivity contribution in [3.05, 3.63) is 78.3 Å². The summed E-state index contributed by atoms with van der Waals surface area (Å²) in [5.74, 6) is 0. The van der Waals surface area contributed by atoms with Crippen molar-refractivity contribution in [2.45, 2.75) is 18.3 Å². The topological polar surface area (TPSA) is 118 Å². The van der Waals surface area contributed by atoms with E-state index < -0.39 is 18.3 Å². The molecule has 0 amide bonds. The molecule has 1 aliphatic rings. The quantitative estimate of drug-likeness (QED) is 0.324. The predicted octanol–water partition coefficient (Wildman–Crippen LogP) is 3.63. The van der Waals surface area contributed by atoms with E-state index in [4.69, 9.17) is 21.1 Å². The molecule has 1 saturated heterocycles. The lowest BCUT2D eigenvalue weighted by atomic mass is 10.00. The monoisotopic (exact) mass is 503 g/mol. The van der Waals surface area contributed by atoms with Crippen molar-refractivity contribution in [3.8, 4) is 34.0 Å². The maximum atomic E-state index is 10.2. The molecule has 0 radical (unpaired) electrons. The smallest absolute Gasteiger partial charge is 0.295 e. The molecule has 5 aromatic rings. The van der Waals surface area contributed by atoms with E-state index in [2.05, 4.69) is 32.2 Å². The van der Waals surface area contributed by atoms with E-state index in [0.29, 0.717) is 10.5 Å². The standard InChI is InChI=1S/C26H22ClN5O4/c27-20-10-22-21(30-26(31-22)36-24-12-35-23(11-33)25(24)34)9-19(20)17-3-1-15(2-4-17)16-5-7-18(8-6-16)32-14-28-13-29-32/h1-10,13-14,23-25,33-34H,11-12H2,(H,30,31)/t23-,24-,25-/m1/s1. The van der Waals surface area contributed by atoms with Crippen molar-refractivity contribution in [3.63, 3.8) is 0 Å². The fraction of sp³-hybridized carbons (Fsp3) is 0.192. The average Bonchev–Trinajstić information content (AvgIpc) is 3.65. The van der Waals surface area contributed by atoms with Crippen molar-refractivity contribution in [1.82, 2.24) is 24.7 Å². The first-order chi connectivity index (χ1) is 17.6. The van der Waals surface area contributed by atoms with Gasteiger partial charge in [0.25, 0.3) is 6.01 Å². The molecule has 9 nitrogen and oxygen atoms in total. The third-order valence-corrected chi connectivity index (χ3v) is 6.62. The van der Waals surface area contributed by atoms with E-state index in [0.717, 1.165) is 33.5 Å². The molecule has 0 unspecified atom stereocenters. The van der Waals surface area contributed by atoms with Crippen molar-refractivity contribution >= 4 is 22.6 Å². The molecule has 6 rings (SSSR count). The molecule has 3 aromatic carbocycles. The number of ether oxygens (including phenoxy) is 2. The van der Waals surface area contributed by atoms with Crippen LogP contribution in [-0.2, 0) is 4.74 Å². The van der Waals surface area contributed by atoms with Gasteiger partial charge < -0.3 is 24.7 Å². The van der Waals surface area contributed by atoms with Crippen LogP contribution in [0.3, 0.4) is 0 Å². The van der Waals surface area contributed by atoms with Crippen LogP contribution in [0.1, 0.15) is 0 Å². The zero-order valence-corrected chi connectivity index (χ0v) is 19.7. The van der Waals surface area contributed by atoms with Crippen LogP contribution in [-0.4, -0.2) is 66.5 Å². The Morgan fingerprint density at radius 1 is 1.06 bits per heavy atom. The number of aromatic amines is 1. The number of aliphatic hydroxyl groups excluding tert-OH is 2. The van der Waals surface area contributed by atoms with Gasteiger partial charge in [0, 0.05) is 5.56 Å². The van der Waals surface area contributed by atoms with E-state index >= 15 is 0 Å². The maximum Gasteiger partial charge on any atom is 0.295 e. The highest BCUT2D eigenvalue weighted by atomic mass is 35.5. The molecule has 1 aliphatic heterocycles. The Morgan fingerprint density at radius 2 is 1.78 bits per heavy atom. The summed E-state index contributed by atoms with van der Waals surface area (Å²) in [6.07, 6.45) is 0.969. The van der Waals surface area contributed by atoms with Crippen molar-refractivity contribution in [1.29, 1.82) is 0 Å². The second-order valence-electron chi connectivity index (χ2n) is 8.56. The second-order valence-corrected chi connectivity index (χ2v) is 8.96. The van der Waals surface area contributed by atoms with Gasteiger partial charge in [-0.05, 0) is 41.0 Å². The minimum atomic E-state index is -0.931. The lowest BCUT2D eigenvalue weighted by Crippen LogP contribution is -2.36. The molecule has 3 heterocycles. The highest BCUT2D eigenvalue weighted by molar-refractivity contribution is 6.34. The third-order valence-electron chi connectivity index (χ3n) is 6.31. The number of H-pyrrole nitrogens is 1. The molecule has 36 heavy (non-hydrogen) atoms. The van der Waals surface area contributed by atoms with Crippen LogP contribution < -0.4 is 4.74 Å². The van der Waals surface area contributed by atoms with Gasteiger partial charge in [0.2, 0.25) is 0 Å². The first kappa shape index (κ1) is 22.7. The van der Waals surface area contributed by atoms with Gasteiger partial charge in [0.1, 0.15) is 24.9 Å². The van der Waals surface area contributed by atoms with Crippen molar-refractivity contribution in [2.24, 2.45) is 0 Å². The molecule has 0 spiro atoms. The Bertz CT molecular complexity index is 1490. The zero-order chi connectivity index (χ0) is 24.6. The molecule has 10 heteroatoms. The van der Waals surface area contributed by atoms with Crippen LogP contribution in [0.2, 0.25) is 5.02 Å². The number of imidazole rings is 1. The molecule has 182 valence electrons. The van der Waals surface area contributed by atoms with Crippen LogP contribution in [0.25, 0.3) is 39.0 Å². The number of halogens is 1. The number of fused-ring (bicyclic) bond motifs is 1. The predicted molar refractivity (Wildman–Crippen MR) is 134 cm³/mol. The molecule has 3 atom stereocenters. The number of aliphatic hydroxyl groups is 2. The highest BCUT2D eigenvalue weighted by Crippen LogP contribution is 2.34. The number of nitrogens with zero attached hydrogens (tertiary/aromatic N) is 4. The normalized spacial score (nSPS) is 19.7. The fourth-order valence-corrected chi connectivity index (χ4v) is 4.61. The molecular weight excluding hydrogens is 482 g/mol. The summed E-state index contributed by atoms with van der Waals surface area (Å²) in [6, 6.07) is 20.2. The maximum absolute atomic E-state index is 10.2. The van der Waals surface area contributed by atoms with E-state index in [9.17, 15) is 10.2 Å². The molecule has 3 N–H and O–H groups in total. The number of hydrogen-bond donors (Lipinski definition) is 3. The number of aromatic nitrogens is 5.